The van der Waals surface area contributed by atoms with Gasteiger partial charge in [-0.3, -0.25) is 14.9 Å². The molecule has 202 valence electrons. The van der Waals surface area contributed by atoms with Gasteiger partial charge in [-0.25, -0.2) is 9.79 Å². The number of nitrogens with zero attached hydrogens (tertiary/aromatic N) is 1. The van der Waals surface area contributed by atoms with Crippen molar-refractivity contribution >= 4 is 23.7 Å². The van der Waals surface area contributed by atoms with E-state index in [1.54, 1.807) is 36.4 Å². The number of aromatic hydroxyl groups is 1. The van der Waals surface area contributed by atoms with Crippen LogP contribution in [0.5, 0.6) is 5.75 Å². The molecule has 1 aliphatic rings. The summed E-state index contributed by atoms with van der Waals surface area (Å²) in [5.41, 5.74) is 7.76. The molecule has 0 bridgehead atoms. The summed E-state index contributed by atoms with van der Waals surface area (Å²) in [6, 6.07) is 10.5. The average Bonchev–Trinajstić information content (AvgIpc) is 2.88. The Morgan fingerprint density at radius 3 is 2.16 bits per heavy atom. The van der Waals surface area contributed by atoms with Crippen molar-refractivity contribution in [3.05, 3.63) is 65.9 Å². The Kier molecular flexibility index (Phi) is 9.02. The second-order valence-corrected chi connectivity index (χ2v) is 8.47. The van der Waals surface area contributed by atoms with E-state index in [1.807, 2.05) is 0 Å². The fraction of sp³-hybridized carbons (Fsp3) is 0.280. The van der Waals surface area contributed by atoms with Gasteiger partial charge in [0.25, 0.3) is 5.91 Å². The van der Waals surface area contributed by atoms with E-state index in [0.717, 1.165) is 24.1 Å². The molecule has 0 saturated heterocycles. The number of ether oxygens (including phenoxy) is 1. The number of aliphatic imine (C=N–C) groups is 1. The molecule has 0 saturated carbocycles. The molecule has 0 unspecified atom stereocenters. The summed E-state index contributed by atoms with van der Waals surface area (Å²) in [5, 5.41) is 53.2. The second-order valence-electron chi connectivity index (χ2n) is 8.47. The van der Waals surface area contributed by atoms with Crippen LogP contribution in [-0.2, 0) is 14.3 Å². The Morgan fingerprint density at radius 2 is 1.63 bits per heavy atom. The summed E-state index contributed by atoms with van der Waals surface area (Å²) in [5.74, 6) is -3.66. The molecule has 9 N–H and O–H groups in total. The number of carbonyl (C=O) groups excluding carboxylic acids is 2. The number of carboxylic acid groups (broad SMARTS) is 1. The number of rotatable bonds is 8. The van der Waals surface area contributed by atoms with Gasteiger partial charge in [-0.1, -0.05) is 24.3 Å². The third-order valence-corrected chi connectivity index (χ3v) is 5.68. The number of amides is 2. The molecule has 13 nitrogen and oxygen atoms in total. The Balaban J connectivity index is 1.83. The average molecular weight is 529 g/mol. The summed E-state index contributed by atoms with van der Waals surface area (Å²) < 4.78 is 5.28. The summed E-state index contributed by atoms with van der Waals surface area (Å²) in [6.45, 7) is 0.299. The molecule has 0 aromatic heterocycles. The Morgan fingerprint density at radius 1 is 1.05 bits per heavy atom. The smallest absolute Gasteiger partial charge is 0.370 e. The Bertz CT molecular complexity index is 1230. The number of aliphatic hydroxyl groups is 3. The van der Waals surface area contributed by atoms with Gasteiger partial charge < -0.3 is 41.3 Å². The van der Waals surface area contributed by atoms with Gasteiger partial charge in [-0.05, 0) is 41.5 Å². The first-order valence-corrected chi connectivity index (χ1v) is 11.4. The maximum Gasteiger partial charge on any atom is 0.370 e. The van der Waals surface area contributed by atoms with Crippen molar-refractivity contribution in [2.75, 3.05) is 6.61 Å². The number of nitrogens with two attached hydrogens (primary N) is 1. The molecular weight excluding hydrogens is 500 g/mol. The summed E-state index contributed by atoms with van der Waals surface area (Å²) in [7, 11) is 0. The van der Waals surface area contributed by atoms with Crippen LogP contribution in [0.3, 0.4) is 0 Å². The first kappa shape index (κ1) is 28.1. The summed E-state index contributed by atoms with van der Waals surface area (Å²) in [6.07, 6.45) is -4.01. The van der Waals surface area contributed by atoms with Crippen LogP contribution in [0.1, 0.15) is 17.3 Å². The first-order valence-electron chi connectivity index (χ1n) is 11.4. The molecule has 1 aliphatic heterocycles. The number of phenolic OH excluding ortho intramolecular Hbond substituents is 1. The predicted molar refractivity (Wildman–Crippen MR) is 134 cm³/mol. The van der Waals surface area contributed by atoms with Crippen LogP contribution in [0, 0.1) is 0 Å². The third kappa shape index (κ3) is 6.85. The van der Waals surface area contributed by atoms with E-state index in [0.29, 0.717) is 0 Å². The summed E-state index contributed by atoms with van der Waals surface area (Å²) in [4.78, 5) is 40.2. The van der Waals surface area contributed by atoms with E-state index in [-0.39, 0.29) is 11.3 Å². The SMILES string of the molecule is CC(=O)N[C@H]1[C@H]([C@H](O)[C@H](O)CO)OC(C(=O)O)=C[C@@H]1N=C(N)NC(=O)c1ccc(-c2ccc(O)cc2)cc1. The summed E-state index contributed by atoms with van der Waals surface area (Å²) >= 11 is 0. The fourth-order valence-electron chi connectivity index (χ4n) is 3.81. The van der Waals surface area contributed by atoms with Gasteiger partial charge >= 0.3 is 5.97 Å². The third-order valence-electron chi connectivity index (χ3n) is 5.68. The number of guanidine groups is 1. The van der Waals surface area contributed by atoms with Crippen molar-refractivity contribution in [3.63, 3.8) is 0 Å². The molecule has 0 radical (unpaired) electrons. The van der Waals surface area contributed by atoms with Crippen molar-refractivity contribution in [1.29, 1.82) is 0 Å². The van der Waals surface area contributed by atoms with Crippen molar-refractivity contribution in [3.8, 4) is 16.9 Å². The monoisotopic (exact) mass is 528 g/mol. The minimum atomic E-state index is -1.81. The van der Waals surface area contributed by atoms with Crippen molar-refractivity contribution in [1.82, 2.24) is 10.6 Å². The van der Waals surface area contributed by atoms with Crippen LogP contribution in [0.15, 0.2) is 65.4 Å². The molecule has 5 atom stereocenters. The molecule has 0 spiro atoms. The lowest BCUT2D eigenvalue weighted by Gasteiger charge is -2.38. The Hall–Kier alpha value is -4.46. The number of benzene rings is 2. The lowest BCUT2D eigenvalue weighted by Crippen LogP contribution is -2.60. The largest absolute Gasteiger partial charge is 0.508 e. The number of phenols is 1. The molecule has 2 aromatic carbocycles. The minimum Gasteiger partial charge on any atom is -0.508 e. The van der Waals surface area contributed by atoms with Crippen LogP contribution in [0.25, 0.3) is 11.1 Å². The molecule has 2 amide bonds. The van der Waals surface area contributed by atoms with Crippen molar-refractivity contribution in [2.24, 2.45) is 10.7 Å². The van der Waals surface area contributed by atoms with Gasteiger partial charge in [0.15, 0.2) is 5.96 Å². The number of carbonyl (C=O) groups is 3. The lowest BCUT2D eigenvalue weighted by molar-refractivity contribution is -0.145. The highest BCUT2D eigenvalue weighted by Crippen LogP contribution is 2.25. The van der Waals surface area contributed by atoms with Crippen LogP contribution < -0.4 is 16.4 Å². The molecule has 0 fully saturated rings. The zero-order valence-corrected chi connectivity index (χ0v) is 20.2. The number of aliphatic hydroxyl groups excluding tert-OH is 3. The molecule has 1 heterocycles. The molecule has 3 rings (SSSR count). The van der Waals surface area contributed by atoms with Crippen LogP contribution in [0.2, 0.25) is 0 Å². The number of hydrogen-bond acceptors (Lipinski definition) is 9. The van der Waals surface area contributed by atoms with Crippen LogP contribution in [0.4, 0.5) is 0 Å². The van der Waals surface area contributed by atoms with Crippen LogP contribution >= 0.6 is 0 Å². The molecule has 38 heavy (non-hydrogen) atoms. The van der Waals surface area contributed by atoms with Crippen LogP contribution in [-0.4, -0.2) is 86.3 Å². The van der Waals surface area contributed by atoms with Crippen molar-refractivity contribution in [2.45, 2.75) is 37.3 Å². The van der Waals surface area contributed by atoms with E-state index in [2.05, 4.69) is 15.6 Å². The minimum absolute atomic E-state index is 0.125. The molecule has 2 aromatic rings. The predicted octanol–water partition coefficient (Wildman–Crippen LogP) is -0.942. The van der Waals surface area contributed by atoms with Gasteiger partial charge in [-0.2, -0.15) is 0 Å². The van der Waals surface area contributed by atoms with Gasteiger partial charge in [0.05, 0.1) is 18.7 Å². The molecular formula is C25H28N4O9. The Labute approximate surface area is 216 Å². The number of hydrogen-bond donors (Lipinski definition) is 8. The van der Waals surface area contributed by atoms with E-state index in [1.165, 1.54) is 12.1 Å². The van der Waals surface area contributed by atoms with E-state index in [4.69, 9.17) is 10.5 Å². The number of carboxylic acids is 1. The quantitative estimate of drug-likeness (QED) is 0.155. The zero-order valence-electron chi connectivity index (χ0n) is 20.2. The lowest BCUT2D eigenvalue weighted by atomic mass is 9.92. The normalized spacial score (nSPS) is 20.9. The standard InChI is InChI=1S/C25H28N4O9/c1-12(31)27-20-17(10-19(24(36)37)38-22(20)21(34)18(33)11-30)28-25(26)29-23(35)15-4-2-13(3-5-15)14-6-8-16(32)9-7-14/h2-10,17-18,20-22,30,32-34H,11H2,1H3,(H,27,31)(H,36,37)(H3,26,28,29,35)/t17-,18+,20+,21+,22+/m0/s1. The number of nitrogens with one attached hydrogen (secondary N) is 2. The topological polar surface area (TPSA) is 224 Å². The fourth-order valence-corrected chi connectivity index (χ4v) is 3.81. The van der Waals surface area contributed by atoms with Gasteiger partial charge in [-0.15, -0.1) is 0 Å². The first-order chi connectivity index (χ1) is 18.0. The highest BCUT2D eigenvalue weighted by atomic mass is 16.5. The van der Waals surface area contributed by atoms with Gasteiger partial charge in [0, 0.05) is 12.5 Å². The molecule has 0 aliphatic carbocycles. The number of aliphatic carboxylic acids is 1. The van der Waals surface area contributed by atoms with E-state index in [9.17, 15) is 39.9 Å². The second kappa shape index (κ2) is 12.2. The maximum atomic E-state index is 12.7. The van der Waals surface area contributed by atoms with Gasteiger partial charge in [0.2, 0.25) is 11.7 Å². The van der Waals surface area contributed by atoms with Gasteiger partial charge in [0.1, 0.15) is 24.1 Å². The highest BCUT2D eigenvalue weighted by Gasteiger charge is 2.43. The maximum absolute atomic E-state index is 12.7. The highest BCUT2D eigenvalue weighted by molar-refractivity contribution is 6.05. The zero-order chi connectivity index (χ0) is 28.0. The van der Waals surface area contributed by atoms with E-state index >= 15 is 0 Å². The van der Waals surface area contributed by atoms with E-state index < -0.39 is 66.5 Å². The van der Waals surface area contributed by atoms with Crippen molar-refractivity contribution < 1.29 is 44.7 Å². The molecule has 13 heteroatoms.